The number of likely N-dealkylation sites (N-methyl/N-ethyl adjacent to an activating group) is 1. The summed E-state index contributed by atoms with van der Waals surface area (Å²) in [5.74, 6) is -0.00207. The first-order chi connectivity index (χ1) is 15.5. The van der Waals surface area contributed by atoms with E-state index in [9.17, 15) is 9.59 Å². The van der Waals surface area contributed by atoms with Crippen LogP contribution in [-0.2, 0) is 16.1 Å². The molecule has 0 bridgehead atoms. The molecule has 1 saturated heterocycles. The second-order valence-corrected chi connectivity index (χ2v) is 8.60. The Morgan fingerprint density at radius 1 is 1.06 bits per heavy atom. The maximum Gasteiger partial charge on any atom is 0.242 e. The van der Waals surface area contributed by atoms with Gasteiger partial charge in [0.05, 0.1) is 17.9 Å². The van der Waals surface area contributed by atoms with Gasteiger partial charge in [-0.25, -0.2) is 4.68 Å². The summed E-state index contributed by atoms with van der Waals surface area (Å²) < 4.78 is 1.83. The minimum absolute atomic E-state index is 0.0722. The molecule has 1 aromatic heterocycles. The Kier molecular flexibility index (Phi) is 6.90. The smallest absolute Gasteiger partial charge is 0.242 e. The summed E-state index contributed by atoms with van der Waals surface area (Å²) in [4.78, 5) is 28.6. The van der Waals surface area contributed by atoms with Crippen molar-refractivity contribution in [3.8, 4) is 16.9 Å². The third-order valence-electron chi connectivity index (χ3n) is 5.76. The Balaban J connectivity index is 1.57. The van der Waals surface area contributed by atoms with Gasteiger partial charge in [0, 0.05) is 48.9 Å². The molecule has 1 aliphatic rings. The van der Waals surface area contributed by atoms with Crippen LogP contribution in [0.15, 0.2) is 60.8 Å². The quantitative estimate of drug-likeness (QED) is 0.553. The van der Waals surface area contributed by atoms with Crippen molar-refractivity contribution < 1.29 is 9.59 Å². The number of amides is 2. The number of aromatic nitrogens is 2. The highest BCUT2D eigenvalue weighted by atomic mass is 35.5. The van der Waals surface area contributed by atoms with Gasteiger partial charge in [0.1, 0.15) is 0 Å². The largest absolute Gasteiger partial charge is 0.340 e. The highest BCUT2D eigenvalue weighted by molar-refractivity contribution is 6.30. The number of para-hydroxylation sites is 1. The molecule has 6 nitrogen and oxygen atoms in total. The minimum atomic E-state index is -0.0743. The molecule has 2 aromatic carbocycles. The van der Waals surface area contributed by atoms with Crippen molar-refractivity contribution in [2.45, 2.75) is 32.2 Å². The molecule has 0 radical (unpaired) electrons. The number of hydrogen-bond donors (Lipinski definition) is 0. The van der Waals surface area contributed by atoms with E-state index < -0.39 is 0 Å². The summed E-state index contributed by atoms with van der Waals surface area (Å²) in [5.41, 5.74) is 3.60. The Morgan fingerprint density at radius 3 is 2.56 bits per heavy atom. The number of rotatable bonds is 6. The van der Waals surface area contributed by atoms with E-state index in [1.807, 2.05) is 65.5 Å². The van der Waals surface area contributed by atoms with Crippen molar-refractivity contribution in [1.29, 1.82) is 0 Å². The number of nitrogens with zero attached hydrogens (tertiary/aromatic N) is 4. The van der Waals surface area contributed by atoms with Gasteiger partial charge < -0.3 is 9.80 Å². The van der Waals surface area contributed by atoms with Gasteiger partial charge in [0.2, 0.25) is 11.8 Å². The third-order valence-corrected chi connectivity index (χ3v) is 6.01. The molecule has 0 saturated carbocycles. The van der Waals surface area contributed by atoms with Crippen LogP contribution in [0.4, 0.5) is 0 Å². The summed E-state index contributed by atoms with van der Waals surface area (Å²) >= 11 is 6.07. The van der Waals surface area contributed by atoms with E-state index in [1.54, 1.807) is 16.8 Å². The number of benzene rings is 2. The van der Waals surface area contributed by atoms with Crippen molar-refractivity contribution in [2.75, 3.05) is 20.1 Å². The first-order valence-electron chi connectivity index (χ1n) is 10.9. The number of carbonyl (C=O) groups is 2. The number of hydrogen-bond acceptors (Lipinski definition) is 3. The zero-order valence-corrected chi connectivity index (χ0v) is 19.0. The van der Waals surface area contributed by atoms with Gasteiger partial charge in [-0.05, 0) is 37.1 Å². The predicted octanol–water partition coefficient (Wildman–Crippen LogP) is 4.55. The Bertz CT molecular complexity index is 1080. The SMILES string of the molecule is CN(Cc1cn(-c2ccccc2)nc1-c1ccc(Cl)cc1)C(=O)CN1CCCCCC1=O. The molecule has 0 N–H and O–H groups in total. The maximum absolute atomic E-state index is 12.9. The Hall–Kier alpha value is -3.12. The summed E-state index contributed by atoms with van der Waals surface area (Å²) in [5, 5.41) is 5.46. The number of likely N-dealkylation sites (tertiary alicyclic amines) is 1. The fourth-order valence-corrected chi connectivity index (χ4v) is 4.05. The van der Waals surface area contributed by atoms with Crippen molar-refractivity contribution >= 4 is 23.4 Å². The molecule has 0 aliphatic carbocycles. The highest BCUT2D eigenvalue weighted by Crippen LogP contribution is 2.26. The van der Waals surface area contributed by atoms with E-state index in [0.717, 1.165) is 41.8 Å². The second-order valence-electron chi connectivity index (χ2n) is 8.17. The molecular weight excluding hydrogens is 424 g/mol. The third kappa shape index (κ3) is 5.19. The van der Waals surface area contributed by atoms with Crippen molar-refractivity contribution in [3.63, 3.8) is 0 Å². The normalized spacial score (nSPS) is 14.3. The Morgan fingerprint density at radius 2 is 1.81 bits per heavy atom. The van der Waals surface area contributed by atoms with Gasteiger partial charge in [-0.3, -0.25) is 9.59 Å². The van der Waals surface area contributed by atoms with Gasteiger partial charge in [0.15, 0.2) is 0 Å². The van der Waals surface area contributed by atoms with E-state index in [-0.39, 0.29) is 18.4 Å². The van der Waals surface area contributed by atoms with E-state index in [2.05, 4.69) is 0 Å². The van der Waals surface area contributed by atoms with E-state index in [0.29, 0.717) is 24.5 Å². The lowest BCUT2D eigenvalue weighted by atomic mass is 10.1. The molecular formula is C25H27ClN4O2. The summed E-state index contributed by atoms with van der Waals surface area (Å²) in [6.07, 6.45) is 5.38. The van der Waals surface area contributed by atoms with Crippen LogP contribution in [0.1, 0.15) is 31.2 Å². The average Bonchev–Trinajstić information content (AvgIpc) is 3.11. The molecule has 1 fully saturated rings. The molecule has 0 unspecified atom stereocenters. The molecule has 0 atom stereocenters. The molecule has 32 heavy (non-hydrogen) atoms. The van der Waals surface area contributed by atoms with Crippen LogP contribution in [0, 0.1) is 0 Å². The van der Waals surface area contributed by atoms with E-state index in [1.165, 1.54) is 0 Å². The minimum Gasteiger partial charge on any atom is -0.340 e. The standard InChI is InChI=1S/C25H27ClN4O2/c1-28(24(32)18-29-15-7-3-6-10-23(29)31)16-20-17-30(22-8-4-2-5-9-22)27-25(20)19-11-13-21(26)14-12-19/h2,4-5,8-9,11-14,17H,3,6-7,10,15-16,18H2,1H3. The molecule has 7 heteroatoms. The van der Waals surface area contributed by atoms with Gasteiger partial charge in [-0.1, -0.05) is 48.4 Å². The fraction of sp³-hybridized carbons (Fsp3) is 0.320. The first-order valence-corrected chi connectivity index (χ1v) is 11.3. The highest BCUT2D eigenvalue weighted by Gasteiger charge is 2.22. The Labute approximate surface area is 193 Å². The lowest BCUT2D eigenvalue weighted by Gasteiger charge is -2.24. The second kappa shape index (κ2) is 10.0. The van der Waals surface area contributed by atoms with Crippen LogP contribution in [0.25, 0.3) is 16.9 Å². The van der Waals surface area contributed by atoms with Crippen molar-refractivity contribution in [3.05, 3.63) is 71.4 Å². The fourth-order valence-electron chi connectivity index (χ4n) is 3.92. The van der Waals surface area contributed by atoms with Gasteiger partial charge in [-0.2, -0.15) is 5.10 Å². The average molecular weight is 451 g/mol. The molecule has 3 aromatic rings. The predicted molar refractivity (Wildman–Crippen MR) is 126 cm³/mol. The first kappa shape index (κ1) is 22.1. The molecule has 2 amide bonds. The maximum atomic E-state index is 12.9. The zero-order valence-electron chi connectivity index (χ0n) is 18.2. The van der Waals surface area contributed by atoms with E-state index in [4.69, 9.17) is 16.7 Å². The topological polar surface area (TPSA) is 58.4 Å². The van der Waals surface area contributed by atoms with Crippen molar-refractivity contribution in [2.24, 2.45) is 0 Å². The molecule has 4 rings (SSSR count). The van der Waals surface area contributed by atoms with Crippen LogP contribution in [0.5, 0.6) is 0 Å². The summed E-state index contributed by atoms with van der Waals surface area (Å²) in [7, 11) is 1.77. The molecule has 166 valence electrons. The van der Waals surface area contributed by atoms with Crippen LogP contribution in [-0.4, -0.2) is 51.5 Å². The summed E-state index contributed by atoms with van der Waals surface area (Å²) in [6, 6.07) is 17.4. The van der Waals surface area contributed by atoms with Gasteiger partial charge >= 0.3 is 0 Å². The number of carbonyl (C=O) groups excluding carboxylic acids is 2. The van der Waals surface area contributed by atoms with Crippen LogP contribution in [0.2, 0.25) is 5.02 Å². The lowest BCUT2D eigenvalue weighted by Crippen LogP contribution is -2.41. The van der Waals surface area contributed by atoms with Crippen LogP contribution in [0.3, 0.4) is 0 Å². The molecule has 1 aliphatic heterocycles. The zero-order chi connectivity index (χ0) is 22.5. The molecule has 2 heterocycles. The lowest BCUT2D eigenvalue weighted by molar-refractivity contribution is -0.139. The molecule has 0 spiro atoms. The van der Waals surface area contributed by atoms with Gasteiger partial charge in [-0.15, -0.1) is 0 Å². The van der Waals surface area contributed by atoms with Crippen molar-refractivity contribution in [1.82, 2.24) is 19.6 Å². The van der Waals surface area contributed by atoms with E-state index >= 15 is 0 Å². The van der Waals surface area contributed by atoms with Crippen LogP contribution < -0.4 is 0 Å². The van der Waals surface area contributed by atoms with Gasteiger partial charge in [0.25, 0.3) is 0 Å². The number of halogens is 1. The monoisotopic (exact) mass is 450 g/mol. The van der Waals surface area contributed by atoms with Crippen LogP contribution >= 0.6 is 11.6 Å². The summed E-state index contributed by atoms with van der Waals surface area (Å²) in [6.45, 7) is 1.17.